The fourth-order valence-corrected chi connectivity index (χ4v) is 4.62. The number of hydroxylamine groups is 1. The van der Waals surface area contributed by atoms with Crippen LogP contribution >= 0.6 is 11.9 Å². The van der Waals surface area contributed by atoms with Crippen LogP contribution in [0.2, 0.25) is 0 Å². The van der Waals surface area contributed by atoms with E-state index in [0.29, 0.717) is 18.6 Å². The Morgan fingerprint density at radius 3 is 2.62 bits per heavy atom. The number of hydrogen-bond donors (Lipinski definition) is 1. The van der Waals surface area contributed by atoms with Crippen LogP contribution in [0.1, 0.15) is 30.1 Å². The second kappa shape index (κ2) is 6.78. The molecule has 2 bridgehead atoms. The van der Waals surface area contributed by atoms with E-state index in [1.807, 2.05) is 36.5 Å². The highest BCUT2D eigenvalue weighted by Crippen LogP contribution is 2.32. The minimum Gasteiger partial charge on any atom is -0.347 e. The SMILES string of the molecule is C[C@H]1[C@H](NC(=O)c2ccc(SN3C=CCO3)cc2)C2CCN1CC2. The number of amides is 1. The van der Waals surface area contributed by atoms with Crippen molar-refractivity contribution < 1.29 is 9.63 Å². The van der Waals surface area contributed by atoms with Gasteiger partial charge < -0.3 is 5.32 Å². The Balaban J connectivity index is 1.38. The van der Waals surface area contributed by atoms with Gasteiger partial charge in [0, 0.05) is 40.7 Å². The number of nitrogens with one attached hydrogen (secondary N) is 1. The molecule has 5 nitrogen and oxygen atoms in total. The van der Waals surface area contributed by atoms with Gasteiger partial charge in [-0.25, -0.2) is 0 Å². The van der Waals surface area contributed by atoms with Gasteiger partial charge >= 0.3 is 0 Å². The highest BCUT2D eigenvalue weighted by molar-refractivity contribution is 7.97. The average molecular weight is 345 g/mol. The van der Waals surface area contributed by atoms with E-state index in [9.17, 15) is 4.79 Å². The molecule has 0 aromatic heterocycles. The number of carbonyl (C=O) groups excluding carboxylic acids is 1. The molecule has 0 saturated carbocycles. The van der Waals surface area contributed by atoms with E-state index in [0.717, 1.165) is 10.5 Å². The van der Waals surface area contributed by atoms with Crippen LogP contribution in [0.25, 0.3) is 0 Å². The lowest BCUT2D eigenvalue weighted by Gasteiger charge is -2.49. The lowest BCUT2D eigenvalue weighted by Crippen LogP contribution is -2.62. The van der Waals surface area contributed by atoms with Crippen molar-refractivity contribution in [3.8, 4) is 0 Å². The molecule has 1 amide bonds. The summed E-state index contributed by atoms with van der Waals surface area (Å²) in [5.74, 6) is 0.664. The maximum Gasteiger partial charge on any atom is 0.251 e. The number of carbonyl (C=O) groups is 1. The Morgan fingerprint density at radius 1 is 1.25 bits per heavy atom. The lowest BCUT2D eigenvalue weighted by atomic mass is 9.79. The summed E-state index contributed by atoms with van der Waals surface area (Å²) in [7, 11) is 0. The molecule has 0 unspecified atom stereocenters. The topological polar surface area (TPSA) is 44.8 Å². The van der Waals surface area contributed by atoms with Crippen molar-refractivity contribution in [2.75, 3.05) is 19.7 Å². The highest BCUT2D eigenvalue weighted by Gasteiger charge is 2.40. The fourth-order valence-electron chi connectivity index (χ4n) is 3.90. The quantitative estimate of drug-likeness (QED) is 0.850. The van der Waals surface area contributed by atoms with Crippen LogP contribution < -0.4 is 5.32 Å². The Labute approximate surface area is 147 Å². The number of piperidine rings is 3. The molecule has 3 fully saturated rings. The Hall–Kier alpha value is -1.50. The van der Waals surface area contributed by atoms with E-state index >= 15 is 0 Å². The van der Waals surface area contributed by atoms with E-state index in [1.165, 1.54) is 37.9 Å². The van der Waals surface area contributed by atoms with Crippen molar-refractivity contribution in [3.05, 3.63) is 42.1 Å². The van der Waals surface area contributed by atoms with Crippen LogP contribution in [0.3, 0.4) is 0 Å². The molecule has 4 aliphatic rings. The van der Waals surface area contributed by atoms with Crippen LogP contribution in [0.15, 0.2) is 41.4 Å². The summed E-state index contributed by atoms with van der Waals surface area (Å²) in [5.41, 5.74) is 0.723. The molecule has 0 spiro atoms. The Bertz CT molecular complexity index is 624. The van der Waals surface area contributed by atoms with E-state index in [2.05, 4.69) is 17.1 Å². The van der Waals surface area contributed by atoms with Gasteiger partial charge in [0.25, 0.3) is 5.91 Å². The van der Waals surface area contributed by atoms with Gasteiger partial charge in [-0.3, -0.25) is 14.5 Å². The summed E-state index contributed by atoms with van der Waals surface area (Å²) < 4.78 is 1.73. The molecule has 6 heteroatoms. The smallest absolute Gasteiger partial charge is 0.251 e. The molecule has 0 radical (unpaired) electrons. The first-order chi connectivity index (χ1) is 11.7. The van der Waals surface area contributed by atoms with Crippen molar-refractivity contribution in [2.45, 2.75) is 36.7 Å². The first-order valence-corrected chi connectivity index (χ1v) is 9.40. The molecule has 0 aliphatic carbocycles. The van der Waals surface area contributed by atoms with Crippen LogP contribution in [0.4, 0.5) is 0 Å². The zero-order valence-corrected chi connectivity index (χ0v) is 14.7. The predicted molar refractivity (Wildman–Crippen MR) is 94.2 cm³/mol. The second-order valence-electron chi connectivity index (χ2n) is 6.69. The van der Waals surface area contributed by atoms with Crippen molar-refractivity contribution in [1.82, 2.24) is 14.7 Å². The maximum absolute atomic E-state index is 12.6. The van der Waals surface area contributed by atoms with Gasteiger partial charge in [-0.05, 0) is 69.1 Å². The van der Waals surface area contributed by atoms with Crippen molar-refractivity contribution >= 4 is 17.9 Å². The number of rotatable bonds is 4. The first kappa shape index (κ1) is 16.0. The molecular weight excluding hydrogens is 322 g/mol. The molecule has 4 heterocycles. The van der Waals surface area contributed by atoms with Crippen LogP contribution in [-0.4, -0.2) is 47.1 Å². The predicted octanol–water partition coefficient (Wildman–Crippen LogP) is 2.67. The summed E-state index contributed by atoms with van der Waals surface area (Å²) in [6, 6.07) is 8.43. The minimum absolute atomic E-state index is 0.0365. The average Bonchev–Trinajstić information content (AvgIpc) is 3.12. The van der Waals surface area contributed by atoms with Crippen molar-refractivity contribution in [2.24, 2.45) is 5.92 Å². The summed E-state index contributed by atoms with van der Waals surface area (Å²) in [4.78, 5) is 21.5. The summed E-state index contributed by atoms with van der Waals surface area (Å²) in [6.45, 7) is 5.21. The summed E-state index contributed by atoms with van der Waals surface area (Å²) in [6.07, 6.45) is 6.27. The van der Waals surface area contributed by atoms with Crippen molar-refractivity contribution in [1.29, 1.82) is 0 Å². The molecule has 1 N–H and O–H groups in total. The third-order valence-corrected chi connectivity index (χ3v) is 6.20. The van der Waals surface area contributed by atoms with Gasteiger partial charge in [-0.15, -0.1) is 0 Å². The zero-order chi connectivity index (χ0) is 16.5. The van der Waals surface area contributed by atoms with Crippen molar-refractivity contribution in [3.63, 3.8) is 0 Å². The third-order valence-electron chi connectivity index (χ3n) is 5.31. The molecule has 3 saturated heterocycles. The van der Waals surface area contributed by atoms with Crippen LogP contribution in [-0.2, 0) is 4.84 Å². The molecule has 24 heavy (non-hydrogen) atoms. The number of hydrogen-bond acceptors (Lipinski definition) is 5. The Morgan fingerprint density at radius 2 is 2.00 bits per heavy atom. The molecule has 5 rings (SSSR count). The summed E-state index contributed by atoms with van der Waals surface area (Å²) >= 11 is 1.50. The van der Waals surface area contributed by atoms with Gasteiger partial charge in [-0.1, -0.05) is 0 Å². The standard InChI is InChI=1S/C18H23N3O2S/c1-13-17(14-7-10-20(13)11-8-14)19-18(22)15-3-5-16(6-4-15)24-21-9-2-12-23-21/h2-6,9,13-14,17H,7-8,10-12H2,1H3,(H,19,22)/t13-,17-/m0/s1. The third kappa shape index (κ3) is 3.18. The summed E-state index contributed by atoms with van der Waals surface area (Å²) in [5, 5.41) is 3.28. The molecular formula is C18H23N3O2S. The number of fused-ring (bicyclic) bond motifs is 3. The van der Waals surface area contributed by atoms with Gasteiger partial charge in [0.2, 0.25) is 0 Å². The second-order valence-corrected chi connectivity index (χ2v) is 7.71. The highest BCUT2D eigenvalue weighted by atomic mass is 32.2. The van der Waals surface area contributed by atoms with Crippen LogP contribution in [0.5, 0.6) is 0 Å². The van der Waals surface area contributed by atoms with Crippen LogP contribution in [0, 0.1) is 5.92 Å². The van der Waals surface area contributed by atoms with E-state index in [1.54, 1.807) is 4.47 Å². The lowest BCUT2D eigenvalue weighted by molar-refractivity contribution is -0.000394. The molecule has 1 aromatic carbocycles. The molecule has 128 valence electrons. The fraction of sp³-hybridized carbons (Fsp3) is 0.500. The maximum atomic E-state index is 12.6. The van der Waals surface area contributed by atoms with Gasteiger partial charge in [-0.2, -0.15) is 4.47 Å². The number of nitrogens with zero attached hydrogens (tertiary/aromatic N) is 2. The number of benzene rings is 1. The largest absolute Gasteiger partial charge is 0.347 e. The van der Waals surface area contributed by atoms with E-state index in [4.69, 9.17) is 4.84 Å². The van der Waals surface area contributed by atoms with Gasteiger partial charge in [0.1, 0.15) is 0 Å². The van der Waals surface area contributed by atoms with Gasteiger partial charge in [0.05, 0.1) is 6.61 Å². The molecule has 2 atom stereocenters. The molecule has 4 aliphatic heterocycles. The molecule has 1 aromatic rings. The zero-order valence-electron chi connectivity index (χ0n) is 13.9. The first-order valence-electron chi connectivity index (χ1n) is 8.62. The Kier molecular flexibility index (Phi) is 4.52. The monoisotopic (exact) mass is 345 g/mol. The normalized spacial score (nSPS) is 31.5. The van der Waals surface area contributed by atoms with E-state index in [-0.39, 0.29) is 11.9 Å². The van der Waals surface area contributed by atoms with E-state index < -0.39 is 0 Å². The minimum atomic E-state index is 0.0365. The van der Waals surface area contributed by atoms with Gasteiger partial charge in [0.15, 0.2) is 0 Å².